The number of rotatable bonds is 7. The zero-order valence-electron chi connectivity index (χ0n) is 15.4. The highest BCUT2D eigenvalue weighted by atomic mass is 32.1. The van der Waals surface area contributed by atoms with Gasteiger partial charge in [-0.1, -0.05) is 0 Å². The van der Waals surface area contributed by atoms with Gasteiger partial charge < -0.3 is 19.8 Å². The van der Waals surface area contributed by atoms with Gasteiger partial charge in [-0.15, -0.1) is 11.3 Å². The van der Waals surface area contributed by atoms with Crippen molar-refractivity contribution in [2.75, 3.05) is 60.5 Å². The zero-order valence-corrected chi connectivity index (χ0v) is 16.3. The Bertz CT molecular complexity index is 561. The number of thiazole rings is 1. The summed E-state index contributed by atoms with van der Waals surface area (Å²) in [6, 6.07) is 0. The van der Waals surface area contributed by atoms with Crippen molar-refractivity contribution in [3.05, 3.63) is 15.6 Å². The monoisotopic (exact) mass is 354 g/mol. The molecule has 2 rings (SSSR count). The first-order chi connectivity index (χ1) is 11.3. The number of aliphatic hydroxyl groups is 1. The van der Waals surface area contributed by atoms with E-state index in [0.717, 1.165) is 35.2 Å². The number of amides is 1. The molecule has 1 aliphatic rings. The van der Waals surface area contributed by atoms with Crippen LogP contribution in [0.5, 0.6) is 0 Å². The van der Waals surface area contributed by atoms with Crippen LogP contribution in [0.1, 0.15) is 20.4 Å². The van der Waals surface area contributed by atoms with Crippen LogP contribution in [0.2, 0.25) is 0 Å². The van der Waals surface area contributed by atoms with E-state index in [0.29, 0.717) is 19.0 Å². The Morgan fingerprint density at radius 2 is 1.92 bits per heavy atom. The Kier molecular flexibility index (Phi) is 6.74. The molecule has 1 aromatic rings. The van der Waals surface area contributed by atoms with Crippen molar-refractivity contribution in [3.63, 3.8) is 0 Å². The van der Waals surface area contributed by atoms with Crippen molar-refractivity contribution in [2.24, 2.45) is 11.8 Å². The molecule has 136 valence electrons. The third kappa shape index (κ3) is 4.75. The second kappa shape index (κ2) is 8.38. The largest absolute Gasteiger partial charge is 0.396 e. The first-order valence-corrected chi connectivity index (χ1v) is 9.31. The van der Waals surface area contributed by atoms with E-state index < -0.39 is 0 Å². The van der Waals surface area contributed by atoms with Crippen LogP contribution in [0.4, 0.5) is 0 Å². The summed E-state index contributed by atoms with van der Waals surface area (Å²) in [5, 5.41) is 10.6. The smallest absolute Gasteiger partial charge is 0.265 e. The van der Waals surface area contributed by atoms with Crippen LogP contribution in [0, 0.1) is 25.7 Å². The summed E-state index contributed by atoms with van der Waals surface area (Å²) in [5.41, 5.74) is 0.814. The van der Waals surface area contributed by atoms with Crippen LogP contribution in [0.25, 0.3) is 0 Å². The first-order valence-electron chi connectivity index (χ1n) is 8.49. The minimum absolute atomic E-state index is 0.0648. The number of nitrogens with zero attached hydrogens (tertiary/aromatic N) is 4. The average molecular weight is 355 g/mol. The fourth-order valence-electron chi connectivity index (χ4n) is 3.25. The number of likely N-dealkylation sites (N-methyl/N-ethyl adjacent to an activating group) is 2. The van der Waals surface area contributed by atoms with Gasteiger partial charge in [0.05, 0.1) is 10.7 Å². The van der Waals surface area contributed by atoms with Crippen molar-refractivity contribution in [3.8, 4) is 0 Å². The maximum absolute atomic E-state index is 12.8. The summed E-state index contributed by atoms with van der Waals surface area (Å²) in [6.07, 6.45) is 0. The van der Waals surface area contributed by atoms with Crippen LogP contribution in [0.3, 0.4) is 0 Å². The second-order valence-electron chi connectivity index (χ2n) is 7.13. The fraction of sp³-hybridized carbons (Fsp3) is 0.765. The summed E-state index contributed by atoms with van der Waals surface area (Å²) in [6.45, 7) is 8.21. The molecule has 0 unspecified atom stereocenters. The summed E-state index contributed by atoms with van der Waals surface area (Å²) in [5.74, 6) is 0.542. The number of carbonyl (C=O) groups is 1. The summed E-state index contributed by atoms with van der Waals surface area (Å²) in [4.78, 5) is 24.2. The molecule has 24 heavy (non-hydrogen) atoms. The first kappa shape index (κ1) is 19.3. The second-order valence-corrected chi connectivity index (χ2v) is 8.33. The maximum atomic E-state index is 12.8. The predicted molar refractivity (Wildman–Crippen MR) is 97.6 cm³/mol. The van der Waals surface area contributed by atoms with E-state index in [9.17, 15) is 9.90 Å². The van der Waals surface area contributed by atoms with Crippen LogP contribution in [0.15, 0.2) is 0 Å². The number of aryl methyl sites for hydroxylation is 2. The third-order valence-electron chi connectivity index (χ3n) is 4.67. The Balaban J connectivity index is 1.98. The van der Waals surface area contributed by atoms with Crippen molar-refractivity contribution >= 4 is 17.2 Å². The number of hydrogen-bond acceptors (Lipinski definition) is 6. The van der Waals surface area contributed by atoms with Gasteiger partial charge in [0.1, 0.15) is 4.88 Å². The normalized spacial score (nSPS) is 21.2. The summed E-state index contributed by atoms with van der Waals surface area (Å²) < 4.78 is 0. The molecular formula is C17H30N4O2S. The molecule has 0 radical (unpaired) electrons. The molecule has 0 aliphatic carbocycles. The van der Waals surface area contributed by atoms with Gasteiger partial charge in [0.15, 0.2) is 0 Å². The number of hydrogen-bond donors (Lipinski definition) is 1. The Labute approximate surface area is 149 Å². The summed E-state index contributed by atoms with van der Waals surface area (Å²) in [7, 11) is 6.25. The molecule has 0 aromatic carbocycles. The highest BCUT2D eigenvalue weighted by Gasteiger charge is 2.36. The van der Waals surface area contributed by atoms with Gasteiger partial charge in [-0.25, -0.2) is 4.98 Å². The highest BCUT2D eigenvalue weighted by Crippen LogP contribution is 2.27. The standard InChI is InChI=1S/C17H30N4O2S/c1-12-16(24-13(2)18-12)17(23)21-9-14(15(10-21)11-22)8-20(5)7-6-19(3)4/h14-15,22H,6-11H2,1-5H3/t14-,15-/m1/s1. The quantitative estimate of drug-likeness (QED) is 0.789. The highest BCUT2D eigenvalue weighted by molar-refractivity contribution is 7.13. The fourth-order valence-corrected chi connectivity index (χ4v) is 4.14. The Morgan fingerprint density at radius 3 is 2.46 bits per heavy atom. The van der Waals surface area contributed by atoms with Gasteiger partial charge >= 0.3 is 0 Å². The van der Waals surface area contributed by atoms with E-state index >= 15 is 0 Å². The Hall–Kier alpha value is -1.02. The lowest BCUT2D eigenvalue weighted by atomic mass is 9.96. The molecular weight excluding hydrogens is 324 g/mol. The zero-order chi connectivity index (χ0) is 17.9. The molecule has 1 aromatic heterocycles. The molecule has 0 bridgehead atoms. The minimum atomic E-state index is 0.0648. The van der Waals surface area contributed by atoms with E-state index in [1.165, 1.54) is 11.3 Å². The van der Waals surface area contributed by atoms with Crippen LogP contribution >= 0.6 is 11.3 Å². The van der Waals surface area contributed by atoms with E-state index in [1.807, 2.05) is 18.7 Å². The molecule has 2 heterocycles. The van der Waals surface area contributed by atoms with Gasteiger partial charge in [0.2, 0.25) is 0 Å². The number of aromatic nitrogens is 1. The average Bonchev–Trinajstić information content (AvgIpc) is 3.07. The van der Waals surface area contributed by atoms with Crippen LogP contribution in [-0.2, 0) is 0 Å². The molecule has 6 nitrogen and oxygen atoms in total. The third-order valence-corrected chi connectivity index (χ3v) is 5.73. The van der Waals surface area contributed by atoms with Crippen molar-refractivity contribution in [2.45, 2.75) is 13.8 Å². The molecule has 1 aliphatic heterocycles. The molecule has 0 spiro atoms. The van der Waals surface area contributed by atoms with Crippen molar-refractivity contribution in [1.29, 1.82) is 0 Å². The van der Waals surface area contributed by atoms with Gasteiger partial charge in [-0.3, -0.25) is 4.79 Å². The molecule has 1 N–H and O–H groups in total. The SMILES string of the molecule is Cc1nc(C)c(C(=O)N2C[C@@H](CN(C)CCN(C)C)[C@@H](CO)C2)s1. The maximum Gasteiger partial charge on any atom is 0.265 e. The number of likely N-dealkylation sites (tertiary alicyclic amines) is 1. The van der Waals surface area contributed by atoms with Crippen LogP contribution < -0.4 is 0 Å². The van der Waals surface area contributed by atoms with E-state index in [1.54, 1.807) is 0 Å². The molecule has 0 saturated carbocycles. The van der Waals surface area contributed by atoms with Gasteiger partial charge in [0, 0.05) is 45.2 Å². The topological polar surface area (TPSA) is 59.9 Å². The molecule has 7 heteroatoms. The van der Waals surface area contributed by atoms with Gasteiger partial charge in [-0.05, 0) is 40.9 Å². The molecule has 1 saturated heterocycles. The minimum Gasteiger partial charge on any atom is -0.396 e. The van der Waals surface area contributed by atoms with Crippen LogP contribution in [-0.4, -0.2) is 91.2 Å². The van der Waals surface area contributed by atoms with Crippen molar-refractivity contribution < 1.29 is 9.90 Å². The molecule has 1 amide bonds. The van der Waals surface area contributed by atoms with Crippen molar-refractivity contribution in [1.82, 2.24) is 19.7 Å². The lowest BCUT2D eigenvalue weighted by molar-refractivity contribution is 0.0783. The van der Waals surface area contributed by atoms with E-state index in [4.69, 9.17) is 0 Å². The lowest BCUT2D eigenvalue weighted by Gasteiger charge is -2.25. The Morgan fingerprint density at radius 1 is 1.25 bits per heavy atom. The van der Waals surface area contributed by atoms with Gasteiger partial charge in [-0.2, -0.15) is 0 Å². The summed E-state index contributed by atoms with van der Waals surface area (Å²) >= 11 is 1.46. The van der Waals surface area contributed by atoms with E-state index in [2.05, 4.69) is 35.9 Å². The predicted octanol–water partition coefficient (Wildman–Crippen LogP) is 0.934. The molecule has 2 atom stereocenters. The van der Waals surface area contributed by atoms with Gasteiger partial charge in [0.25, 0.3) is 5.91 Å². The van der Waals surface area contributed by atoms with E-state index in [-0.39, 0.29) is 18.4 Å². The number of carbonyl (C=O) groups excluding carboxylic acids is 1. The lowest BCUT2D eigenvalue weighted by Crippen LogP contribution is -2.35. The number of aliphatic hydroxyl groups excluding tert-OH is 1. The molecule has 1 fully saturated rings.